The lowest BCUT2D eigenvalue weighted by atomic mass is 9.89. The van der Waals surface area contributed by atoms with Gasteiger partial charge in [0.1, 0.15) is 0 Å². The van der Waals surface area contributed by atoms with E-state index in [1.165, 1.54) is 88.3 Å². The molecule has 0 radical (unpaired) electrons. The van der Waals surface area contributed by atoms with Crippen molar-refractivity contribution in [3.63, 3.8) is 0 Å². The predicted molar refractivity (Wildman–Crippen MR) is 269 cm³/mol. The molecule has 0 heterocycles. The van der Waals surface area contributed by atoms with Crippen LogP contribution in [0.5, 0.6) is 0 Å². The largest absolute Gasteiger partial charge is 0.310 e. The van der Waals surface area contributed by atoms with Gasteiger partial charge in [-0.2, -0.15) is 0 Å². The molecule has 11 aromatic rings. The molecular formula is C62H43N. The standard InChI is InChI=1S/C62H43N/c1-2-17-46(18-3-1)58-24-10-12-27-61(58)62-28-13-11-25-59(62)48-35-39-55(40-36-48)63(56-22-14-21-51(43-56)52-31-29-44-15-4-6-19-49(44)41-52)54-37-33-47(34-38-54)57-23-8-9-26-60(57)53-32-30-45-16-5-7-20-50(45)42-53/h1-43H. The highest BCUT2D eigenvalue weighted by atomic mass is 15.1. The minimum atomic E-state index is 1.08. The summed E-state index contributed by atoms with van der Waals surface area (Å²) in [5.74, 6) is 0. The van der Waals surface area contributed by atoms with Crippen LogP contribution in [0.4, 0.5) is 17.1 Å². The molecule has 0 aliphatic rings. The maximum Gasteiger partial charge on any atom is 0.0467 e. The van der Waals surface area contributed by atoms with Gasteiger partial charge >= 0.3 is 0 Å². The first-order valence-corrected chi connectivity index (χ1v) is 21.7. The molecular weight excluding hydrogens is 759 g/mol. The fraction of sp³-hybridized carbons (Fsp3) is 0. The van der Waals surface area contributed by atoms with Gasteiger partial charge in [0.25, 0.3) is 0 Å². The highest BCUT2D eigenvalue weighted by molar-refractivity contribution is 5.94. The Morgan fingerprint density at radius 1 is 0.175 bits per heavy atom. The second kappa shape index (κ2) is 16.7. The summed E-state index contributed by atoms with van der Waals surface area (Å²) >= 11 is 0. The minimum absolute atomic E-state index is 1.08. The van der Waals surface area contributed by atoms with Crippen molar-refractivity contribution in [3.05, 3.63) is 261 Å². The lowest BCUT2D eigenvalue weighted by molar-refractivity contribution is 1.28. The van der Waals surface area contributed by atoms with E-state index in [1.807, 2.05) is 0 Å². The van der Waals surface area contributed by atoms with Crippen molar-refractivity contribution in [2.24, 2.45) is 0 Å². The number of hydrogen-bond donors (Lipinski definition) is 0. The number of anilines is 3. The zero-order valence-corrected chi connectivity index (χ0v) is 34.8. The van der Waals surface area contributed by atoms with E-state index in [0.717, 1.165) is 17.1 Å². The fourth-order valence-corrected chi connectivity index (χ4v) is 9.12. The molecule has 0 saturated heterocycles. The summed E-state index contributed by atoms with van der Waals surface area (Å²) in [6.07, 6.45) is 0. The Balaban J connectivity index is 0.994. The Morgan fingerprint density at radius 2 is 0.524 bits per heavy atom. The van der Waals surface area contributed by atoms with Gasteiger partial charge in [0, 0.05) is 17.1 Å². The van der Waals surface area contributed by atoms with E-state index in [0.29, 0.717) is 0 Å². The summed E-state index contributed by atoms with van der Waals surface area (Å²) in [4.78, 5) is 2.38. The Labute approximate surface area is 369 Å². The molecule has 0 fully saturated rings. The average Bonchev–Trinajstić information content (AvgIpc) is 3.37. The van der Waals surface area contributed by atoms with Crippen molar-refractivity contribution in [2.45, 2.75) is 0 Å². The highest BCUT2D eigenvalue weighted by Crippen LogP contribution is 2.42. The van der Waals surface area contributed by atoms with Gasteiger partial charge in [-0.3, -0.25) is 0 Å². The number of fused-ring (bicyclic) bond motifs is 2. The van der Waals surface area contributed by atoms with Gasteiger partial charge < -0.3 is 4.90 Å². The van der Waals surface area contributed by atoms with Crippen molar-refractivity contribution < 1.29 is 0 Å². The minimum Gasteiger partial charge on any atom is -0.310 e. The predicted octanol–water partition coefficient (Wildman–Crippen LogP) is 17.5. The SMILES string of the molecule is c1ccc(-c2ccccc2-c2ccccc2-c2ccc(N(c3ccc(-c4ccccc4-c4ccc5ccccc5c4)cc3)c3cccc(-c4ccc5ccccc5c4)c3)cc2)cc1. The van der Waals surface area contributed by atoms with Crippen LogP contribution >= 0.6 is 0 Å². The Morgan fingerprint density at radius 3 is 1.06 bits per heavy atom. The van der Waals surface area contributed by atoms with Gasteiger partial charge in [-0.1, -0.05) is 212 Å². The number of nitrogens with zero attached hydrogens (tertiary/aromatic N) is 1. The first-order valence-electron chi connectivity index (χ1n) is 21.7. The van der Waals surface area contributed by atoms with Crippen LogP contribution in [0.2, 0.25) is 0 Å². The third-order valence-corrected chi connectivity index (χ3v) is 12.3. The van der Waals surface area contributed by atoms with Gasteiger partial charge in [0.2, 0.25) is 0 Å². The van der Waals surface area contributed by atoms with Crippen LogP contribution in [0.3, 0.4) is 0 Å². The van der Waals surface area contributed by atoms with Gasteiger partial charge in [-0.15, -0.1) is 0 Å². The lowest BCUT2D eigenvalue weighted by Crippen LogP contribution is -2.10. The van der Waals surface area contributed by atoms with Crippen LogP contribution in [0.1, 0.15) is 0 Å². The smallest absolute Gasteiger partial charge is 0.0467 e. The molecule has 1 nitrogen and oxygen atoms in total. The van der Waals surface area contributed by atoms with Crippen LogP contribution in [0.25, 0.3) is 88.3 Å². The molecule has 0 atom stereocenters. The molecule has 0 bridgehead atoms. The third kappa shape index (κ3) is 7.47. The van der Waals surface area contributed by atoms with Crippen molar-refractivity contribution >= 4 is 38.6 Å². The van der Waals surface area contributed by atoms with Gasteiger partial charge in [-0.05, 0) is 137 Å². The second-order valence-electron chi connectivity index (χ2n) is 16.1. The van der Waals surface area contributed by atoms with Crippen LogP contribution in [-0.4, -0.2) is 0 Å². The molecule has 0 aliphatic carbocycles. The van der Waals surface area contributed by atoms with Gasteiger partial charge in [-0.25, -0.2) is 0 Å². The van der Waals surface area contributed by atoms with E-state index < -0.39 is 0 Å². The molecule has 11 aromatic carbocycles. The monoisotopic (exact) mass is 801 g/mol. The first-order chi connectivity index (χ1) is 31.2. The molecule has 0 N–H and O–H groups in total. The molecule has 0 aromatic heterocycles. The number of hydrogen-bond acceptors (Lipinski definition) is 1. The van der Waals surface area contributed by atoms with Gasteiger partial charge in [0.05, 0.1) is 0 Å². The van der Waals surface area contributed by atoms with Gasteiger partial charge in [0.15, 0.2) is 0 Å². The maximum atomic E-state index is 2.38. The summed E-state index contributed by atoms with van der Waals surface area (Å²) in [5.41, 5.74) is 17.7. The summed E-state index contributed by atoms with van der Waals surface area (Å²) in [5, 5.41) is 4.97. The lowest BCUT2D eigenvalue weighted by Gasteiger charge is -2.27. The Bertz CT molecular complexity index is 3380. The molecule has 0 spiro atoms. The molecule has 11 rings (SSSR count). The van der Waals surface area contributed by atoms with Crippen LogP contribution in [-0.2, 0) is 0 Å². The van der Waals surface area contributed by atoms with Crippen molar-refractivity contribution in [1.82, 2.24) is 0 Å². The van der Waals surface area contributed by atoms with Crippen LogP contribution in [0, 0.1) is 0 Å². The molecule has 1 heteroatoms. The summed E-state index contributed by atoms with van der Waals surface area (Å²) < 4.78 is 0. The summed E-state index contributed by atoms with van der Waals surface area (Å²) in [7, 11) is 0. The molecule has 0 amide bonds. The Hall–Kier alpha value is -8.26. The maximum absolute atomic E-state index is 2.38. The quantitative estimate of drug-likeness (QED) is 0.141. The number of benzene rings is 11. The topological polar surface area (TPSA) is 3.24 Å². The zero-order chi connectivity index (χ0) is 42.0. The van der Waals surface area contributed by atoms with Crippen molar-refractivity contribution in [3.8, 4) is 66.8 Å². The van der Waals surface area contributed by atoms with E-state index >= 15 is 0 Å². The van der Waals surface area contributed by atoms with E-state index in [9.17, 15) is 0 Å². The zero-order valence-electron chi connectivity index (χ0n) is 34.8. The normalized spacial score (nSPS) is 11.2. The van der Waals surface area contributed by atoms with Crippen LogP contribution in [0.15, 0.2) is 261 Å². The molecule has 0 saturated carbocycles. The molecule has 0 aliphatic heterocycles. The second-order valence-corrected chi connectivity index (χ2v) is 16.1. The Kier molecular flexibility index (Phi) is 9.97. The summed E-state index contributed by atoms with van der Waals surface area (Å²) in [6.45, 7) is 0. The van der Waals surface area contributed by atoms with Crippen molar-refractivity contribution in [1.29, 1.82) is 0 Å². The molecule has 63 heavy (non-hydrogen) atoms. The fourth-order valence-electron chi connectivity index (χ4n) is 9.12. The van der Waals surface area contributed by atoms with E-state index in [1.54, 1.807) is 0 Å². The van der Waals surface area contributed by atoms with Crippen molar-refractivity contribution in [2.75, 3.05) is 4.90 Å². The summed E-state index contributed by atoms with van der Waals surface area (Å²) in [6, 6.07) is 94.6. The van der Waals surface area contributed by atoms with E-state index in [4.69, 9.17) is 0 Å². The first kappa shape index (κ1) is 37.7. The average molecular weight is 802 g/mol. The molecule has 296 valence electrons. The highest BCUT2D eigenvalue weighted by Gasteiger charge is 2.17. The van der Waals surface area contributed by atoms with Crippen LogP contribution < -0.4 is 4.90 Å². The third-order valence-electron chi connectivity index (χ3n) is 12.3. The van der Waals surface area contributed by atoms with E-state index in [2.05, 4.69) is 266 Å². The molecule has 0 unspecified atom stereocenters. The number of rotatable bonds is 9. The van der Waals surface area contributed by atoms with E-state index in [-0.39, 0.29) is 0 Å².